The van der Waals surface area contributed by atoms with Crippen LogP contribution in [0.2, 0.25) is 0 Å². The lowest BCUT2D eigenvalue weighted by molar-refractivity contribution is 1.82. The fourth-order valence-corrected chi connectivity index (χ4v) is 3.42. The van der Waals surface area contributed by atoms with Crippen LogP contribution in [0.1, 0.15) is 0 Å². The van der Waals surface area contributed by atoms with Crippen molar-refractivity contribution in [3.63, 3.8) is 0 Å². The van der Waals surface area contributed by atoms with Crippen molar-refractivity contribution in [1.82, 2.24) is 0 Å². The first-order chi connectivity index (χ1) is 6.33. The summed E-state index contributed by atoms with van der Waals surface area (Å²) in [7, 11) is 6.39. The van der Waals surface area contributed by atoms with Crippen LogP contribution >= 0.6 is 26.4 Å². The Morgan fingerprint density at radius 1 is 1.00 bits per heavy atom. The SMILES string of the molecule is PPc1cccc2cccc(P)c12. The maximum absolute atomic E-state index is 2.81. The highest BCUT2D eigenvalue weighted by molar-refractivity contribution is 8.07. The predicted molar refractivity (Wildman–Crippen MR) is 71.0 cm³/mol. The van der Waals surface area contributed by atoms with E-state index < -0.39 is 0 Å². The van der Waals surface area contributed by atoms with Gasteiger partial charge in [0, 0.05) is 0 Å². The van der Waals surface area contributed by atoms with Crippen LogP contribution in [0, 0.1) is 0 Å². The van der Waals surface area contributed by atoms with E-state index >= 15 is 0 Å². The Bertz CT molecular complexity index is 432. The molecule has 0 aliphatic rings. The molecule has 0 saturated heterocycles. The van der Waals surface area contributed by atoms with Gasteiger partial charge in [-0.15, -0.1) is 18.2 Å². The van der Waals surface area contributed by atoms with Gasteiger partial charge in [0.15, 0.2) is 0 Å². The Morgan fingerprint density at radius 2 is 1.69 bits per heavy atom. The van der Waals surface area contributed by atoms with Crippen LogP contribution in [0.15, 0.2) is 36.4 Å². The van der Waals surface area contributed by atoms with Crippen LogP contribution in [0.3, 0.4) is 0 Å². The molecule has 0 aliphatic carbocycles. The molecule has 0 amide bonds. The molecule has 3 atom stereocenters. The summed E-state index contributed by atoms with van der Waals surface area (Å²) in [6.07, 6.45) is 0. The van der Waals surface area contributed by atoms with Gasteiger partial charge >= 0.3 is 0 Å². The highest BCUT2D eigenvalue weighted by Gasteiger charge is 2.00. The van der Waals surface area contributed by atoms with E-state index in [0.717, 1.165) is 8.27 Å². The van der Waals surface area contributed by atoms with Gasteiger partial charge in [-0.2, -0.15) is 0 Å². The summed E-state index contributed by atoms with van der Waals surface area (Å²) < 4.78 is 0. The number of fused-ring (bicyclic) bond motifs is 1. The van der Waals surface area contributed by atoms with Crippen molar-refractivity contribution in [2.75, 3.05) is 0 Å². The molecule has 2 aromatic rings. The second-order valence-corrected chi connectivity index (χ2v) is 5.21. The number of rotatable bonds is 1. The third-order valence-corrected chi connectivity index (χ3v) is 4.23. The Labute approximate surface area is 84.6 Å². The molecule has 2 rings (SSSR count). The number of benzene rings is 2. The maximum Gasteiger partial charge on any atom is -0.00346 e. The molecule has 0 radical (unpaired) electrons. The van der Waals surface area contributed by atoms with E-state index in [1.807, 2.05) is 0 Å². The molecule has 66 valence electrons. The molecule has 0 heterocycles. The van der Waals surface area contributed by atoms with Crippen molar-refractivity contribution in [1.29, 1.82) is 0 Å². The molecule has 0 spiro atoms. The topological polar surface area (TPSA) is 0 Å². The van der Waals surface area contributed by atoms with E-state index in [-0.39, 0.29) is 0 Å². The van der Waals surface area contributed by atoms with Crippen LogP contribution in [-0.2, 0) is 0 Å². The van der Waals surface area contributed by atoms with E-state index in [0.29, 0.717) is 0 Å². The van der Waals surface area contributed by atoms with Gasteiger partial charge in [0.1, 0.15) is 0 Å². The Morgan fingerprint density at radius 3 is 2.38 bits per heavy atom. The van der Waals surface area contributed by atoms with Crippen LogP contribution in [0.25, 0.3) is 10.8 Å². The molecule has 0 nitrogen and oxygen atoms in total. The largest absolute Gasteiger partial charge is 0.110 e. The van der Waals surface area contributed by atoms with Crippen molar-refractivity contribution in [3.05, 3.63) is 36.4 Å². The summed E-state index contributed by atoms with van der Waals surface area (Å²) >= 11 is 0. The highest BCUT2D eigenvalue weighted by Crippen LogP contribution is 2.24. The molecule has 3 heteroatoms. The van der Waals surface area contributed by atoms with Gasteiger partial charge in [0.05, 0.1) is 0 Å². The number of hydrogen-bond acceptors (Lipinski definition) is 0. The van der Waals surface area contributed by atoms with Gasteiger partial charge in [0.25, 0.3) is 0 Å². The fraction of sp³-hybridized carbons (Fsp3) is 0. The molecular weight excluding hydrogens is 213 g/mol. The molecule has 0 aliphatic heterocycles. The monoisotopic (exact) mass is 224 g/mol. The van der Waals surface area contributed by atoms with Crippen molar-refractivity contribution in [3.8, 4) is 0 Å². The van der Waals surface area contributed by atoms with Crippen molar-refractivity contribution in [2.24, 2.45) is 0 Å². The van der Waals surface area contributed by atoms with E-state index in [1.54, 1.807) is 0 Å². The number of hydrogen-bond donors (Lipinski definition) is 0. The molecule has 13 heavy (non-hydrogen) atoms. The second-order valence-electron chi connectivity index (χ2n) is 2.90. The smallest absolute Gasteiger partial charge is 0.00346 e. The Balaban J connectivity index is 2.87. The van der Waals surface area contributed by atoms with E-state index in [4.69, 9.17) is 0 Å². The minimum atomic E-state index is 0.784. The standard InChI is InChI=1S/C10H11P3/c11-8-5-1-3-7-4-2-6-9(13-12)10(7)8/h1-6,13H,11-12H2. The summed E-state index contributed by atoms with van der Waals surface area (Å²) in [5, 5.41) is 5.44. The molecule has 0 bridgehead atoms. The van der Waals surface area contributed by atoms with Crippen molar-refractivity contribution >= 4 is 47.8 Å². The lowest BCUT2D eigenvalue weighted by atomic mass is 10.1. The van der Waals surface area contributed by atoms with Crippen LogP contribution in [0.5, 0.6) is 0 Å². The predicted octanol–water partition coefficient (Wildman–Crippen LogP) is 2.43. The highest BCUT2D eigenvalue weighted by atomic mass is 32.0. The summed E-state index contributed by atoms with van der Waals surface area (Å²) in [5.41, 5.74) is 0. The Hall–Kier alpha value is -0.0100. The fourth-order valence-electron chi connectivity index (χ4n) is 1.49. The van der Waals surface area contributed by atoms with E-state index in [9.17, 15) is 0 Å². The van der Waals surface area contributed by atoms with Crippen LogP contribution in [0.4, 0.5) is 0 Å². The van der Waals surface area contributed by atoms with Gasteiger partial charge in [0.2, 0.25) is 0 Å². The van der Waals surface area contributed by atoms with Crippen molar-refractivity contribution in [2.45, 2.75) is 0 Å². The van der Waals surface area contributed by atoms with E-state index in [1.165, 1.54) is 21.4 Å². The van der Waals surface area contributed by atoms with Gasteiger partial charge in [-0.05, 0) is 21.4 Å². The lowest BCUT2D eigenvalue weighted by Crippen LogP contribution is -2.03. The second kappa shape index (κ2) is 4.02. The Kier molecular flexibility index (Phi) is 2.95. The zero-order valence-electron chi connectivity index (χ0n) is 7.12. The van der Waals surface area contributed by atoms with Gasteiger partial charge in [-0.25, -0.2) is 0 Å². The summed E-state index contributed by atoms with van der Waals surface area (Å²) in [6.45, 7) is 0. The lowest BCUT2D eigenvalue weighted by Gasteiger charge is -2.06. The summed E-state index contributed by atoms with van der Waals surface area (Å²) in [6, 6.07) is 12.9. The van der Waals surface area contributed by atoms with Crippen LogP contribution in [-0.4, -0.2) is 0 Å². The first-order valence-electron chi connectivity index (χ1n) is 4.07. The zero-order chi connectivity index (χ0) is 9.26. The summed E-state index contributed by atoms with van der Waals surface area (Å²) in [5.74, 6) is 0. The summed E-state index contributed by atoms with van der Waals surface area (Å²) in [4.78, 5) is 0. The third kappa shape index (κ3) is 1.77. The van der Waals surface area contributed by atoms with E-state index in [2.05, 4.69) is 54.6 Å². The molecule has 0 fully saturated rings. The molecule has 0 saturated carbocycles. The molecule has 0 N–H and O–H groups in total. The molecular formula is C10H11P3. The quantitative estimate of drug-likeness (QED) is 0.652. The molecule has 2 aromatic carbocycles. The normalized spacial score (nSPS) is 11.5. The third-order valence-electron chi connectivity index (χ3n) is 2.09. The average Bonchev–Trinajstić information content (AvgIpc) is 2.17. The molecule has 3 unspecified atom stereocenters. The van der Waals surface area contributed by atoms with Crippen molar-refractivity contribution < 1.29 is 0 Å². The first-order valence-corrected chi connectivity index (χ1v) is 7.45. The zero-order valence-corrected chi connectivity index (χ0v) is 10.4. The van der Waals surface area contributed by atoms with Gasteiger partial charge < -0.3 is 0 Å². The average molecular weight is 224 g/mol. The van der Waals surface area contributed by atoms with Crippen LogP contribution < -0.4 is 10.6 Å². The molecule has 0 aromatic heterocycles. The van der Waals surface area contributed by atoms with Gasteiger partial charge in [-0.1, -0.05) is 44.7 Å². The minimum Gasteiger partial charge on any atom is -0.110 e. The minimum absolute atomic E-state index is 0.784. The van der Waals surface area contributed by atoms with Gasteiger partial charge in [-0.3, -0.25) is 0 Å². The maximum atomic E-state index is 2.81. The first kappa shape index (κ1) is 9.54.